The maximum absolute atomic E-state index is 13.3. The molecular weight excluding hydrogens is 404 g/mol. The standard InChI is InChI=1S/C22H28N2O5S/c1-16-6-4-5-7-19(16)20-14-24(15-21(20)22(25)23-12-13-28-2)30(26,27)18-10-8-17(29-3)9-11-18/h4-11,20-21H,12-15H2,1-3H3,(H,23,25). The number of amides is 1. The molecule has 7 nitrogen and oxygen atoms in total. The summed E-state index contributed by atoms with van der Waals surface area (Å²) in [5.74, 6) is -0.269. The molecule has 30 heavy (non-hydrogen) atoms. The van der Waals surface area contributed by atoms with E-state index < -0.39 is 15.9 Å². The van der Waals surface area contributed by atoms with Gasteiger partial charge < -0.3 is 14.8 Å². The van der Waals surface area contributed by atoms with E-state index in [-0.39, 0.29) is 29.8 Å². The summed E-state index contributed by atoms with van der Waals surface area (Å²) < 4.78 is 38.1. The molecule has 1 amide bonds. The topological polar surface area (TPSA) is 84.9 Å². The van der Waals surface area contributed by atoms with Gasteiger partial charge in [0.2, 0.25) is 15.9 Å². The number of rotatable bonds is 8. The van der Waals surface area contributed by atoms with Crippen molar-refractivity contribution in [2.45, 2.75) is 17.7 Å². The smallest absolute Gasteiger partial charge is 0.243 e. The molecule has 2 atom stereocenters. The zero-order valence-electron chi connectivity index (χ0n) is 17.5. The van der Waals surface area contributed by atoms with Crippen LogP contribution in [0.2, 0.25) is 0 Å². The fraction of sp³-hybridized carbons (Fsp3) is 0.409. The van der Waals surface area contributed by atoms with Crippen molar-refractivity contribution in [2.24, 2.45) is 5.92 Å². The summed E-state index contributed by atoms with van der Waals surface area (Å²) in [6, 6.07) is 14.1. The van der Waals surface area contributed by atoms with Crippen LogP contribution in [0.15, 0.2) is 53.4 Å². The average Bonchev–Trinajstić information content (AvgIpc) is 3.20. The molecule has 1 heterocycles. The number of nitrogens with zero attached hydrogens (tertiary/aromatic N) is 1. The van der Waals surface area contributed by atoms with Gasteiger partial charge in [0.25, 0.3) is 0 Å². The molecule has 0 aliphatic carbocycles. The molecule has 1 N–H and O–H groups in total. The normalized spacial score (nSPS) is 19.6. The summed E-state index contributed by atoms with van der Waals surface area (Å²) >= 11 is 0. The van der Waals surface area contributed by atoms with E-state index in [9.17, 15) is 13.2 Å². The first-order chi connectivity index (χ1) is 14.4. The minimum Gasteiger partial charge on any atom is -0.497 e. The molecule has 1 aliphatic rings. The second-order valence-electron chi connectivity index (χ2n) is 7.35. The second-order valence-corrected chi connectivity index (χ2v) is 9.29. The molecule has 2 aromatic carbocycles. The van der Waals surface area contributed by atoms with E-state index in [2.05, 4.69) is 5.32 Å². The van der Waals surface area contributed by atoms with Gasteiger partial charge in [-0.25, -0.2) is 8.42 Å². The SMILES string of the molecule is COCCNC(=O)C1CN(S(=O)(=O)c2ccc(OC)cc2)CC1c1ccccc1C. The highest BCUT2D eigenvalue weighted by atomic mass is 32.2. The number of ether oxygens (including phenoxy) is 2. The summed E-state index contributed by atoms with van der Waals surface area (Å²) in [4.78, 5) is 13.1. The zero-order chi connectivity index (χ0) is 21.7. The third-order valence-corrected chi connectivity index (χ3v) is 7.36. The number of nitrogens with one attached hydrogen (secondary N) is 1. The molecule has 1 fully saturated rings. The van der Waals surface area contributed by atoms with Crippen LogP contribution in [-0.4, -0.2) is 59.1 Å². The largest absolute Gasteiger partial charge is 0.497 e. The van der Waals surface area contributed by atoms with Crippen molar-refractivity contribution in [1.29, 1.82) is 0 Å². The number of carbonyl (C=O) groups excluding carboxylic acids is 1. The molecule has 0 spiro atoms. The van der Waals surface area contributed by atoms with Crippen LogP contribution in [0.3, 0.4) is 0 Å². The molecule has 0 radical (unpaired) electrons. The van der Waals surface area contributed by atoms with Crippen LogP contribution in [-0.2, 0) is 19.6 Å². The predicted octanol–water partition coefficient (Wildman–Crippen LogP) is 2.17. The molecule has 3 rings (SSSR count). The Morgan fingerprint density at radius 1 is 1.10 bits per heavy atom. The molecule has 162 valence electrons. The van der Waals surface area contributed by atoms with E-state index in [1.54, 1.807) is 19.2 Å². The van der Waals surface area contributed by atoms with Crippen LogP contribution in [0.1, 0.15) is 17.0 Å². The van der Waals surface area contributed by atoms with Crippen molar-refractivity contribution in [2.75, 3.05) is 40.5 Å². The number of hydrogen-bond donors (Lipinski definition) is 1. The third-order valence-electron chi connectivity index (χ3n) is 5.51. The van der Waals surface area contributed by atoms with E-state index >= 15 is 0 Å². The molecular formula is C22H28N2O5S. The van der Waals surface area contributed by atoms with Crippen molar-refractivity contribution in [1.82, 2.24) is 9.62 Å². The van der Waals surface area contributed by atoms with Crippen LogP contribution in [0.25, 0.3) is 0 Å². The molecule has 2 aromatic rings. The Hall–Kier alpha value is -2.42. The van der Waals surface area contributed by atoms with Crippen molar-refractivity contribution in [3.05, 3.63) is 59.7 Å². The van der Waals surface area contributed by atoms with Gasteiger partial charge in [-0.15, -0.1) is 0 Å². The van der Waals surface area contributed by atoms with Gasteiger partial charge >= 0.3 is 0 Å². The van der Waals surface area contributed by atoms with E-state index in [0.717, 1.165) is 11.1 Å². The second kappa shape index (κ2) is 9.59. The van der Waals surface area contributed by atoms with Crippen LogP contribution in [0, 0.1) is 12.8 Å². The summed E-state index contributed by atoms with van der Waals surface area (Å²) in [7, 11) is -0.634. The lowest BCUT2D eigenvalue weighted by Crippen LogP contribution is -2.37. The molecule has 0 bridgehead atoms. The number of methoxy groups -OCH3 is 2. The highest BCUT2D eigenvalue weighted by Gasteiger charge is 2.43. The van der Waals surface area contributed by atoms with E-state index in [1.165, 1.54) is 23.5 Å². The van der Waals surface area contributed by atoms with Crippen LogP contribution in [0.5, 0.6) is 5.75 Å². The monoisotopic (exact) mass is 432 g/mol. The number of benzene rings is 2. The number of sulfonamides is 1. The van der Waals surface area contributed by atoms with Gasteiger partial charge in [0.15, 0.2) is 0 Å². The van der Waals surface area contributed by atoms with E-state index in [4.69, 9.17) is 9.47 Å². The minimum absolute atomic E-state index is 0.131. The zero-order valence-corrected chi connectivity index (χ0v) is 18.3. The maximum Gasteiger partial charge on any atom is 0.243 e. The first-order valence-corrected chi connectivity index (χ1v) is 11.3. The Labute approximate surface area is 178 Å². The van der Waals surface area contributed by atoms with E-state index in [1.807, 2.05) is 31.2 Å². The Kier molecular flexibility index (Phi) is 7.12. The van der Waals surface area contributed by atoms with Gasteiger partial charge in [-0.3, -0.25) is 4.79 Å². The summed E-state index contributed by atoms with van der Waals surface area (Å²) in [5, 5.41) is 2.87. The first-order valence-electron chi connectivity index (χ1n) is 9.85. The van der Waals surface area contributed by atoms with Gasteiger partial charge in [0.05, 0.1) is 24.5 Å². The number of hydrogen-bond acceptors (Lipinski definition) is 5. The fourth-order valence-electron chi connectivity index (χ4n) is 3.85. The Morgan fingerprint density at radius 3 is 2.43 bits per heavy atom. The van der Waals surface area contributed by atoms with Crippen LogP contribution in [0.4, 0.5) is 0 Å². The van der Waals surface area contributed by atoms with Crippen molar-refractivity contribution >= 4 is 15.9 Å². The third kappa shape index (κ3) is 4.66. The Morgan fingerprint density at radius 2 is 1.80 bits per heavy atom. The Balaban J connectivity index is 1.90. The molecule has 8 heteroatoms. The van der Waals surface area contributed by atoms with Crippen molar-refractivity contribution < 1.29 is 22.7 Å². The van der Waals surface area contributed by atoms with Gasteiger partial charge in [0, 0.05) is 32.7 Å². The highest BCUT2D eigenvalue weighted by molar-refractivity contribution is 7.89. The molecule has 1 saturated heterocycles. The van der Waals surface area contributed by atoms with Gasteiger partial charge in [-0.05, 0) is 42.3 Å². The van der Waals surface area contributed by atoms with E-state index in [0.29, 0.717) is 18.9 Å². The fourth-order valence-corrected chi connectivity index (χ4v) is 5.34. The summed E-state index contributed by atoms with van der Waals surface area (Å²) in [5.41, 5.74) is 2.04. The summed E-state index contributed by atoms with van der Waals surface area (Å²) in [6.07, 6.45) is 0. The number of carbonyl (C=O) groups is 1. The predicted molar refractivity (Wildman–Crippen MR) is 114 cm³/mol. The van der Waals surface area contributed by atoms with Crippen LogP contribution >= 0.6 is 0 Å². The minimum atomic E-state index is -3.74. The molecule has 2 unspecified atom stereocenters. The quantitative estimate of drug-likeness (QED) is 0.647. The lowest BCUT2D eigenvalue weighted by atomic mass is 9.86. The maximum atomic E-state index is 13.3. The lowest BCUT2D eigenvalue weighted by Gasteiger charge is -2.20. The molecule has 0 aromatic heterocycles. The lowest BCUT2D eigenvalue weighted by molar-refractivity contribution is -0.125. The highest BCUT2D eigenvalue weighted by Crippen LogP contribution is 2.37. The Bertz CT molecular complexity index is 975. The van der Waals surface area contributed by atoms with Crippen molar-refractivity contribution in [3.63, 3.8) is 0 Å². The van der Waals surface area contributed by atoms with Gasteiger partial charge in [0.1, 0.15) is 5.75 Å². The average molecular weight is 433 g/mol. The first kappa shape index (κ1) is 22.3. The molecule has 0 saturated carbocycles. The summed E-state index contributed by atoms with van der Waals surface area (Å²) in [6.45, 7) is 3.16. The van der Waals surface area contributed by atoms with Crippen LogP contribution < -0.4 is 10.1 Å². The van der Waals surface area contributed by atoms with Gasteiger partial charge in [-0.1, -0.05) is 24.3 Å². The number of aryl methyl sites for hydroxylation is 1. The van der Waals surface area contributed by atoms with Gasteiger partial charge in [-0.2, -0.15) is 4.31 Å². The molecule has 1 aliphatic heterocycles. The van der Waals surface area contributed by atoms with Crippen molar-refractivity contribution in [3.8, 4) is 5.75 Å².